The van der Waals surface area contributed by atoms with Gasteiger partial charge in [-0.1, -0.05) is 12.2 Å². The molecule has 2 atom stereocenters. The first-order valence-corrected chi connectivity index (χ1v) is 4.65. The van der Waals surface area contributed by atoms with Crippen LogP contribution in [0.4, 0.5) is 4.79 Å². The Morgan fingerprint density at radius 1 is 1.46 bits per heavy atom. The molecular weight excluding hydrogens is 166 g/mol. The van der Waals surface area contributed by atoms with Crippen LogP contribution in [0, 0.1) is 5.92 Å². The van der Waals surface area contributed by atoms with Crippen LogP contribution >= 0.6 is 0 Å². The van der Waals surface area contributed by atoms with Crippen molar-refractivity contribution in [3.63, 3.8) is 0 Å². The lowest BCUT2D eigenvalue weighted by molar-refractivity contribution is -0.0154. The summed E-state index contributed by atoms with van der Waals surface area (Å²) in [4.78, 5) is 13.3. The van der Waals surface area contributed by atoms with Crippen LogP contribution in [0.25, 0.3) is 0 Å². The predicted molar refractivity (Wildman–Crippen MR) is 49.4 cm³/mol. The maximum Gasteiger partial charge on any atom is 0.410 e. The molecule has 2 aliphatic rings. The van der Waals surface area contributed by atoms with Crippen molar-refractivity contribution in [3.05, 3.63) is 12.2 Å². The summed E-state index contributed by atoms with van der Waals surface area (Å²) in [6, 6.07) is 0.329. The van der Waals surface area contributed by atoms with Crippen molar-refractivity contribution in [2.45, 2.75) is 32.4 Å². The number of amides is 1. The van der Waals surface area contributed by atoms with Crippen molar-refractivity contribution in [1.82, 2.24) is 4.90 Å². The molecule has 0 saturated carbocycles. The van der Waals surface area contributed by atoms with Gasteiger partial charge in [0.15, 0.2) is 0 Å². The monoisotopic (exact) mass is 181 g/mol. The molecular formula is C10H15NO2. The van der Waals surface area contributed by atoms with Crippen LogP contribution in [0.15, 0.2) is 12.2 Å². The normalized spacial score (nSPS) is 30.2. The van der Waals surface area contributed by atoms with Gasteiger partial charge in [-0.25, -0.2) is 4.79 Å². The zero-order chi connectivity index (χ0) is 9.64. The van der Waals surface area contributed by atoms with E-state index in [0.29, 0.717) is 12.0 Å². The molecule has 1 saturated heterocycles. The van der Waals surface area contributed by atoms with Gasteiger partial charge in [0.2, 0.25) is 0 Å². The highest BCUT2D eigenvalue weighted by Gasteiger charge is 2.45. The molecule has 1 amide bonds. The lowest BCUT2D eigenvalue weighted by Gasteiger charge is -2.50. The first-order valence-electron chi connectivity index (χ1n) is 4.65. The number of carbonyl (C=O) groups excluding carboxylic acids is 1. The van der Waals surface area contributed by atoms with E-state index in [1.165, 1.54) is 0 Å². The van der Waals surface area contributed by atoms with Gasteiger partial charge < -0.3 is 9.64 Å². The predicted octanol–water partition coefficient (Wildman–Crippen LogP) is 1.79. The van der Waals surface area contributed by atoms with E-state index in [4.69, 9.17) is 4.74 Å². The van der Waals surface area contributed by atoms with E-state index in [1.54, 1.807) is 4.90 Å². The molecule has 1 heterocycles. The summed E-state index contributed by atoms with van der Waals surface area (Å²) in [5.74, 6) is 0.604. The Hall–Kier alpha value is -0.990. The number of nitrogens with zero attached hydrogens (tertiary/aromatic N) is 1. The fraction of sp³-hybridized carbons (Fsp3) is 0.700. The largest absolute Gasteiger partial charge is 0.444 e. The van der Waals surface area contributed by atoms with Gasteiger partial charge in [-0.2, -0.15) is 0 Å². The van der Waals surface area contributed by atoms with Crippen LogP contribution in [0.1, 0.15) is 20.8 Å². The molecule has 0 unspecified atom stereocenters. The van der Waals surface area contributed by atoms with Crippen LogP contribution in [0.2, 0.25) is 0 Å². The fourth-order valence-electron chi connectivity index (χ4n) is 1.60. The van der Waals surface area contributed by atoms with E-state index in [-0.39, 0.29) is 11.7 Å². The first kappa shape index (κ1) is 8.60. The number of hydrogen-bond donors (Lipinski definition) is 0. The molecule has 72 valence electrons. The summed E-state index contributed by atoms with van der Waals surface area (Å²) in [6.45, 7) is 6.49. The molecule has 2 rings (SSSR count). The van der Waals surface area contributed by atoms with Gasteiger partial charge in [0.05, 0.1) is 6.04 Å². The Morgan fingerprint density at radius 2 is 2.15 bits per heavy atom. The molecule has 13 heavy (non-hydrogen) atoms. The summed E-state index contributed by atoms with van der Waals surface area (Å²) >= 11 is 0. The van der Waals surface area contributed by atoms with Crippen molar-refractivity contribution in [2.24, 2.45) is 5.92 Å². The number of ether oxygens (including phenoxy) is 1. The van der Waals surface area contributed by atoms with Crippen LogP contribution in [0.5, 0.6) is 0 Å². The Kier molecular flexibility index (Phi) is 1.65. The molecule has 0 radical (unpaired) electrons. The maximum absolute atomic E-state index is 11.5. The number of hydrogen-bond acceptors (Lipinski definition) is 2. The Bertz CT molecular complexity index is 265. The SMILES string of the molecule is CC(C)(C)OC(=O)N1C[C@@H]2C=C[C@@H]21. The standard InChI is InChI=1S/C10H15NO2/c1-10(2,3)13-9(12)11-6-7-4-5-8(7)11/h4-5,7-8H,6H2,1-3H3/t7-,8-/m0/s1. The van der Waals surface area contributed by atoms with Crippen LogP contribution < -0.4 is 0 Å². The average molecular weight is 181 g/mol. The van der Waals surface area contributed by atoms with Gasteiger partial charge in [0, 0.05) is 12.5 Å². The molecule has 1 fully saturated rings. The molecule has 0 spiro atoms. The van der Waals surface area contributed by atoms with Crippen molar-refractivity contribution in [1.29, 1.82) is 0 Å². The number of carbonyl (C=O) groups is 1. The summed E-state index contributed by atoms with van der Waals surface area (Å²) < 4.78 is 5.25. The molecule has 3 heteroatoms. The van der Waals surface area contributed by atoms with Crippen molar-refractivity contribution < 1.29 is 9.53 Å². The Balaban J connectivity index is 1.89. The van der Waals surface area contributed by atoms with Gasteiger partial charge in [0.25, 0.3) is 0 Å². The quantitative estimate of drug-likeness (QED) is 0.533. The number of rotatable bonds is 0. The zero-order valence-corrected chi connectivity index (χ0v) is 8.28. The van der Waals surface area contributed by atoms with E-state index in [0.717, 1.165) is 6.54 Å². The second kappa shape index (κ2) is 2.50. The molecule has 1 aliphatic carbocycles. The van der Waals surface area contributed by atoms with Gasteiger partial charge >= 0.3 is 6.09 Å². The number of fused-ring (bicyclic) bond motifs is 1. The third kappa shape index (κ3) is 1.43. The Morgan fingerprint density at radius 3 is 2.46 bits per heavy atom. The number of likely N-dealkylation sites (tertiary alicyclic amines) is 1. The minimum atomic E-state index is -0.379. The second-order valence-electron chi connectivity index (χ2n) is 4.67. The molecule has 3 nitrogen and oxygen atoms in total. The second-order valence-corrected chi connectivity index (χ2v) is 4.67. The molecule has 0 aromatic rings. The van der Waals surface area contributed by atoms with Crippen molar-refractivity contribution >= 4 is 6.09 Å². The fourth-order valence-corrected chi connectivity index (χ4v) is 1.60. The van der Waals surface area contributed by atoms with E-state index in [2.05, 4.69) is 12.2 Å². The maximum atomic E-state index is 11.5. The summed E-state index contributed by atoms with van der Waals surface area (Å²) in [5, 5.41) is 0. The Labute approximate surface area is 78.4 Å². The molecule has 0 N–H and O–H groups in total. The zero-order valence-electron chi connectivity index (χ0n) is 8.28. The highest BCUT2D eigenvalue weighted by molar-refractivity contribution is 5.71. The minimum Gasteiger partial charge on any atom is -0.444 e. The topological polar surface area (TPSA) is 29.5 Å². The van der Waals surface area contributed by atoms with Gasteiger partial charge in [-0.15, -0.1) is 0 Å². The summed E-state index contributed by atoms with van der Waals surface area (Å²) in [5.41, 5.74) is -0.379. The molecule has 0 aromatic heterocycles. The van der Waals surface area contributed by atoms with Crippen LogP contribution in [-0.4, -0.2) is 29.2 Å². The lowest BCUT2D eigenvalue weighted by Crippen LogP contribution is -2.61. The van der Waals surface area contributed by atoms with Crippen LogP contribution in [-0.2, 0) is 4.74 Å². The van der Waals surface area contributed by atoms with E-state index in [9.17, 15) is 4.79 Å². The lowest BCUT2D eigenvalue weighted by atomic mass is 9.80. The molecule has 0 bridgehead atoms. The van der Waals surface area contributed by atoms with Crippen LogP contribution in [0.3, 0.4) is 0 Å². The average Bonchev–Trinajstić information content (AvgIpc) is 1.91. The van der Waals surface area contributed by atoms with Crippen molar-refractivity contribution in [2.75, 3.05) is 6.54 Å². The third-order valence-corrected chi connectivity index (χ3v) is 2.39. The highest BCUT2D eigenvalue weighted by Crippen LogP contribution is 2.35. The van der Waals surface area contributed by atoms with Gasteiger partial charge in [-0.05, 0) is 20.8 Å². The summed E-state index contributed by atoms with van der Waals surface area (Å²) in [7, 11) is 0. The highest BCUT2D eigenvalue weighted by atomic mass is 16.6. The summed E-state index contributed by atoms with van der Waals surface area (Å²) in [6.07, 6.45) is 4.02. The minimum absolute atomic E-state index is 0.182. The third-order valence-electron chi connectivity index (χ3n) is 2.39. The molecule has 1 aliphatic heterocycles. The first-order chi connectivity index (χ1) is 5.97. The van der Waals surface area contributed by atoms with E-state index >= 15 is 0 Å². The van der Waals surface area contributed by atoms with Gasteiger partial charge in [-0.3, -0.25) is 0 Å². The molecule has 0 aromatic carbocycles. The van der Waals surface area contributed by atoms with Crippen molar-refractivity contribution in [3.8, 4) is 0 Å². The smallest absolute Gasteiger partial charge is 0.410 e. The van der Waals surface area contributed by atoms with E-state index in [1.807, 2.05) is 20.8 Å². The van der Waals surface area contributed by atoms with Gasteiger partial charge in [0.1, 0.15) is 5.60 Å². The van der Waals surface area contributed by atoms with E-state index < -0.39 is 0 Å².